The molecule has 3 aromatic rings. The highest BCUT2D eigenvalue weighted by Crippen LogP contribution is 2.45. The average molecular weight is 481 g/mol. The summed E-state index contributed by atoms with van der Waals surface area (Å²) in [6.07, 6.45) is 0.131. The molecule has 5 rings (SSSR count). The molecule has 1 aromatic carbocycles. The molecule has 0 saturated heterocycles. The number of aliphatic hydroxyl groups is 1. The van der Waals surface area contributed by atoms with Gasteiger partial charge in [0.15, 0.2) is 11.0 Å². The number of hydrogen-bond donors (Lipinski definition) is 1. The molecule has 2 aliphatic heterocycles. The van der Waals surface area contributed by atoms with Crippen molar-refractivity contribution >= 4 is 36.7 Å². The number of thioether (sulfide) groups is 1. The largest absolute Gasteiger partial charge is 0.444 e. The first kappa shape index (κ1) is 22.4. The van der Waals surface area contributed by atoms with Crippen LogP contribution in [0, 0.1) is 0 Å². The normalized spacial score (nSPS) is 21.5. The Bertz CT molecular complexity index is 1350. The van der Waals surface area contributed by atoms with E-state index < -0.39 is 25.1 Å². The minimum absolute atomic E-state index is 0.131. The van der Waals surface area contributed by atoms with E-state index in [4.69, 9.17) is 9.72 Å². The van der Waals surface area contributed by atoms with Gasteiger partial charge in [-0.15, -0.1) is 11.8 Å². The maximum atomic E-state index is 13.8. The van der Waals surface area contributed by atoms with Crippen molar-refractivity contribution < 1.29 is 14.6 Å². The lowest BCUT2D eigenvalue weighted by Crippen LogP contribution is -2.45. The van der Waals surface area contributed by atoms with Crippen molar-refractivity contribution in [3.05, 3.63) is 63.4 Å². The van der Waals surface area contributed by atoms with Gasteiger partial charge in [0.05, 0.1) is 29.0 Å². The lowest BCUT2D eigenvalue weighted by molar-refractivity contribution is -0.172. The zero-order valence-corrected chi connectivity index (χ0v) is 21.2. The summed E-state index contributed by atoms with van der Waals surface area (Å²) < 4.78 is 7.38. The number of rotatable bonds is 5. The Morgan fingerprint density at radius 2 is 2.00 bits per heavy atom. The van der Waals surface area contributed by atoms with Crippen LogP contribution in [-0.2, 0) is 21.7 Å². The Morgan fingerprint density at radius 3 is 2.73 bits per heavy atom. The molecule has 0 bridgehead atoms. The molecule has 0 amide bonds. The average Bonchev–Trinajstić information content (AvgIpc) is 3.12. The number of nitrogens with zero attached hydrogens (tertiary/aromatic N) is 2. The molecule has 4 heterocycles. The standard InChI is InChI=1S/C25H28N2O4SSi/c1-5-25(30)17-13-19-21-16(12-15-8-6-7-9-18(15)26-21)14-27(19)22(28)20(17)23(31-24(25)29)32-10-11-33(2,3)4/h6-9,12-13,23,30H,5,10-11,14H2,1-4H3/t23?,25-/m0/s1. The molecule has 1 unspecified atom stereocenters. The Labute approximate surface area is 198 Å². The van der Waals surface area contributed by atoms with Gasteiger partial charge in [-0.3, -0.25) is 4.79 Å². The van der Waals surface area contributed by atoms with E-state index in [-0.39, 0.29) is 12.0 Å². The van der Waals surface area contributed by atoms with Gasteiger partial charge in [0, 0.05) is 24.6 Å². The van der Waals surface area contributed by atoms with Crippen molar-refractivity contribution in [1.29, 1.82) is 0 Å². The summed E-state index contributed by atoms with van der Waals surface area (Å²) in [6, 6.07) is 12.8. The summed E-state index contributed by atoms with van der Waals surface area (Å²) in [5.74, 6) is 0.114. The molecule has 0 radical (unpaired) electrons. The number of cyclic esters (lactones) is 1. The smallest absolute Gasteiger partial charge is 0.344 e. The molecule has 2 aliphatic rings. The number of carbonyl (C=O) groups excluding carboxylic acids is 1. The summed E-state index contributed by atoms with van der Waals surface area (Å²) in [4.78, 5) is 31.5. The third kappa shape index (κ3) is 3.64. The van der Waals surface area contributed by atoms with Crippen molar-refractivity contribution in [2.24, 2.45) is 0 Å². The highest BCUT2D eigenvalue weighted by atomic mass is 32.2. The Balaban J connectivity index is 1.66. The van der Waals surface area contributed by atoms with E-state index >= 15 is 0 Å². The molecule has 0 spiro atoms. The van der Waals surface area contributed by atoms with E-state index in [0.717, 1.165) is 34.0 Å². The van der Waals surface area contributed by atoms with Crippen molar-refractivity contribution in [3.8, 4) is 11.4 Å². The molecule has 2 atom stereocenters. The second-order valence-corrected chi connectivity index (χ2v) is 16.9. The number of esters is 1. The van der Waals surface area contributed by atoms with Crippen LogP contribution in [0.1, 0.15) is 35.5 Å². The molecule has 0 saturated carbocycles. The summed E-state index contributed by atoms with van der Waals surface area (Å²) in [7, 11) is -1.29. The fraction of sp³-hybridized carbons (Fsp3) is 0.400. The number of hydrogen-bond acceptors (Lipinski definition) is 6. The van der Waals surface area contributed by atoms with Gasteiger partial charge in [0.25, 0.3) is 5.56 Å². The summed E-state index contributed by atoms with van der Waals surface area (Å²) in [5.41, 5.74) is 1.18. The first-order valence-corrected chi connectivity index (χ1v) is 16.1. The van der Waals surface area contributed by atoms with Crippen LogP contribution in [0.4, 0.5) is 0 Å². The minimum atomic E-state index is -1.83. The number of pyridine rings is 2. The van der Waals surface area contributed by atoms with Crippen molar-refractivity contribution in [2.45, 2.75) is 56.6 Å². The van der Waals surface area contributed by atoms with Gasteiger partial charge in [0.2, 0.25) is 0 Å². The quantitative estimate of drug-likeness (QED) is 0.331. The van der Waals surface area contributed by atoms with E-state index in [1.807, 2.05) is 24.3 Å². The fourth-order valence-corrected chi connectivity index (χ4v) is 8.23. The van der Waals surface area contributed by atoms with Crippen LogP contribution in [0.15, 0.2) is 41.2 Å². The van der Waals surface area contributed by atoms with Crippen molar-refractivity contribution in [1.82, 2.24) is 9.55 Å². The summed E-state index contributed by atoms with van der Waals surface area (Å²) in [5, 5.41) is 12.3. The van der Waals surface area contributed by atoms with E-state index in [0.29, 0.717) is 23.4 Å². The van der Waals surface area contributed by atoms with Crippen molar-refractivity contribution in [3.63, 3.8) is 0 Å². The predicted molar refractivity (Wildman–Crippen MR) is 134 cm³/mol. The molecular weight excluding hydrogens is 452 g/mol. The third-order valence-electron chi connectivity index (χ3n) is 6.58. The van der Waals surface area contributed by atoms with Gasteiger partial charge < -0.3 is 14.4 Å². The van der Waals surface area contributed by atoms with Crippen molar-refractivity contribution in [2.75, 3.05) is 5.75 Å². The molecule has 0 aliphatic carbocycles. The van der Waals surface area contributed by atoms with Crippen LogP contribution in [0.3, 0.4) is 0 Å². The van der Waals surface area contributed by atoms with Gasteiger partial charge in [0.1, 0.15) is 0 Å². The Morgan fingerprint density at radius 1 is 1.24 bits per heavy atom. The number of benzene rings is 1. The SMILES string of the molecule is CC[C@@]1(O)C(=O)OC(SCC[Si](C)(C)C)c2c1cc1n(c2=O)Cc2cc3ccccc3nc2-1. The van der Waals surface area contributed by atoms with Gasteiger partial charge >= 0.3 is 5.97 Å². The number of ether oxygens (including phenoxy) is 1. The lowest BCUT2D eigenvalue weighted by atomic mass is 9.86. The van der Waals surface area contributed by atoms with Crippen LogP contribution in [-0.4, -0.2) is 34.5 Å². The van der Waals surface area contributed by atoms with Gasteiger partial charge in [-0.05, 0) is 36.4 Å². The maximum Gasteiger partial charge on any atom is 0.344 e. The zero-order valence-electron chi connectivity index (χ0n) is 19.3. The Hall–Kier alpha value is -2.42. The molecule has 33 heavy (non-hydrogen) atoms. The third-order valence-corrected chi connectivity index (χ3v) is 9.76. The summed E-state index contributed by atoms with van der Waals surface area (Å²) in [6.45, 7) is 9.02. The summed E-state index contributed by atoms with van der Waals surface area (Å²) >= 11 is 1.48. The van der Waals surface area contributed by atoms with Gasteiger partial charge in [-0.2, -0.15) is 0 Å². The molecule has 8 heteroatoms. The van der Waals surface area contributed by atoms with E-state index in [2.05, 4.69) is 25.7 Å². The van der Waals surface area contributed by atoms with E-state index in [1.165, 1.54) is 11.8 Å². The number of para-hydroxylation sites is 1. The predicted octanol–water partition coefficient (Wildman–Crippen LogP) is 4.65. The highest BCUT2D eigenvalue weighted by molar-refractivity contribution is 7.99. The van der Waals surface area contributed by atoms with Crippen LogP contribution < -0.4 is 5.56 Å². The molecule has 2 aromatic heterocycles. The molecule has 172 valence electrons. The fourth-order valence-electron chi connectivity index (χ4n) is 4.55. The first-order chi connectivity index (χ1) is 15.6. The maximum absolute atomic E-state index is 13.8. The van der Waals surface area contributed by atoms with Crippen LogP contribution in [0.25, 0.3) is 22.3 Å². The van der Waals surface area contributed by atoms with Gasteiger partial charge in [-0.25, -0.2) is 9.78 Å². The molecule has 6 nitrogen and oxygen atoms in total. The van der Waals surface area contributed by atoms with Gasteiger partial charge in [-0.1, -0.05) is 44.8 Å². The molecule has 1 N–H and O–H groups in total. The van der Waals surface area contributed by atoms with Crippen LogP contribution in [0.5, 0.6) is 0 Å². The lowest BCUT2D eigenvalue weighted by Gasteiger charge is -2.36. The second-order valence-electron chi connectivity index (χ2n) is 10.1. The minimum Gasteiger partial charge on any atom is -0.444 e. The first-order valence-electron chi connectivity index (χ1n) is 11.3. The Kier molecular flexibility index (Phi) is 5.30. The second kappa shape index (κ2) is 7.82. The number of fused-ring (bicyclic) bond motifs is 5. The molecular formula is C25H28N2O4SSi. The van der Waals surface area contributed by atoms with Crippen LogP contribution in [0.2, 0.25) is 25.7 Å². The zero-order chi connectivity index (χ0) is 23.5. The van der Waals surface area contributed by atoms with E-state index in [1.54, 1.807) is 17.6 Å². The van der Waals surface area contributed by atoms with Crippen LogP contribution >= 0.6 is 11.8 Å². The highest BCUT2D eigenvalue weighted by Gasteiger charge is 2.49. The number of carbonyl (C=O) groups is 1. The topological polar surface area (TPSA) is 81.4 Å². The van der Waals surface area contributed by atoms with E-state index in [9.17, 15) is 14.7 Å². The molecule has 0 fully saturated rings. The number of aromatic nitrogens is 2. The monoisotopic (exact) mass is 480 g/mol.